The molecule has 13 nitrogen and oxygen atoms in total. The summed E-state index contributed by atoms with van der Waals surface area (Å²) in [7, 11) is 0. The molecule has 0 aliphatic rings. The standard InChI is InChI=1S/C42H41N7O6/c43-32(17-24-13-15-28(50)16-14-24)39(51)47-36(18-25-21-44-33-10-4-1-7-29(25)33)40(52)48-37(19-26-22-45-34-11-5-2-8-30(26)34)41(53)49-38(42(54)55)20-27-23-46-35-12-6-3-9-31(27)35/h1-16,21-23,32,36-38,44-46,50H,17-20,43H2,(H,47,51)(H,48,52)(H,49,53)(H,54,55). The summed E-state index contributed by atoms with van der Waals surface area (Å²) >= 11 is 0. The van der Waals surface area contributed by atoms with Crippen LogP contribution < -0.4 is 21.7 Å². The zero-order valence-corrected chi connectivity index (χ0v) is 29.7. The molecule has 3 amide bonds. The van der Waals surface area contributed by atoms with Crippen molar-refractivity contribution in [2.24, 2.45) is 5.73 Å². The van der Waals surface area contributed by atoms with Crippen molar-refractivity contribution in [2.45, 2.75) is 49.9 Å². The molecule has 7 aromatic rings. The van der Waals surface area contributed by atoms with Gasteiger partial charge < -0.3 is 46.8 Å². The average Bonchev–Trinajstić information content (AvgIpc) is 3.92. The minimum Gasteiger partial charge on any atom is -0.508 e. The number of fused-ring (bicyclic) bond motifs is 3. The van der Waals surface area contributed by atoms with Gasteiger partial charge in [0.15, 0.2) is 0 Å². The summed E-state index contributed by atoms with van der Waals surface area (Å²) in [6, 6.07) is 24.1. The lowest BCUT2D eigenvalue weighted by atomic mass is 10.00. The van der Waals surface area contributed by atoms with E-state index in [-0.39, 0.29) is 31.4 Å². The molecule has 10 N–H and O–H groups in total. The van der Waals surface area contributed by atoms with Crippen molar-refractivity contribution < 1.29 is 29.4 Å². The number of rotatable bonds is 15. The summed E-state index contributed by atoms with van der Waals surface area (Å²) in [5, 5.41) is 30.8. The molecule has 280 valence electrons. The highest BCUT2D eigenvalue weighted by Gasteiger charge is 2.32. The van der Waals surface area contributed by atoms with Gasteiger partial charge in [0.2, 0.25) is 17.7 Å². The summed E-state index contributed by atoms with van der Waals surface area (Å²) in [6.45, 7) is 0. The monoisotopic (exact) mass is 739 g/mol. The van der Waals surface area contributed by atoms with Gasteiger partial charge in [-0.3, -0.25) is 14.4 Å². The lowest BCUT2D eigenvalue weighted by Gasteiger charge is -2.25. The number of phenolic OH excluding ortho intramolecular Hbond substituents is 1. The zero-order chi connectivity index (χ0) is 38.5. The number of hydrogen-bond donors (Lipinski definition) is 9. The summed E-state index contributed by atoms with van der Waals surface area (Å²) in [5.41, 5.74) is 11.8. The molecular formula is C42H41N7O6. The van der Waals surface area contributed by atoms with E-state index in [9.17, 15) is 29.4 Å². The van der Waals surface area contributed by atoms with Crippen LogP contribution in [0.5, 0.6) is 5.75 Å². The van der Waals surface area contributed by atoms with Crippen LogP contribution in [0.3, 0.4) is 0 Å². The normalized spacial score (nSPS) is 13.6. The Morgan fingerprint density at radius 2 is 0.909 bits per heavy atom. The second-order valence-corrected chi connectivity index (χ2v) is 13.7. The fourth-order valence-electron chi connectivity index (χ4n) is 6.98. The van der Waals surface area contributed by atoms with Crippen molar-refractivity contribution >= 4 is 56.4 Å². The molecule has 4 unspecified atom stereocenters. The van der Waals surface area contributed by atoms with Gasteiger partial charge in [0.25, 0.3) is 0 Å². The highest BCUT2D eigenvalue weighted by molar-refractivity contribution is 5.96. The van der Waals surface area contributed by atoms with Crippen LogP contribution >= 0.6 is 0 Å². The lowest BCUT2D eigenvalue weighted by Crippen LogP contribution is -2.58. The number of carboxylic acid groups (broad SMARTS) is 1. The van der Waals surface area contributed by atoms with Crippen LogP contribution in [0.1, 0.15) is 22.3 Å². The number of carbonyl (C=O) groups excluding carboxylic acids is 3. The van der Waals surface area contributed by atoms with E-state index < -0.39 is 47.9 Å². The maximum atomic E-state index is 14.4. The Labute approximate surface area is 315 Å². The number of para-hydroxylation sites is 3. The Morgan fingerprint density at radius 3 is 1.35 bits per heavy atom. The first kappa shape index (κ1) is 36.5. The Balaban J connectivity index is 1.16. The Hall–Kier alpha value is -6.86. The van der Waals surface area contributed by atoms with Gasteiger partial charge in [-0.2, -0.15) is 0 Å². The van der Waals surface area contributed by atoms with Crippen molar-refractivity contribution in [1.82, 2.24) is 30.9 Å². The first-order chi connectivity index (χ1) is 26.6. The van der Waals surface area contributed by atoms with Crippen LogP contribution in [0.2, 0.25) is 0 Å². The third kappa shape index (κ3) is 8.37. The van der Waals surface area contributed by atoms with Gasteiger partial charge in [-0.05, 0) is 59.0 Å². The molecule has 0 aliphatic carbocycles. The first-order valence-corrected chi connectivity index (χ1v) is 18.0. The molecule has 7 rings (SSSR count). The number of H-pyrrole nitrogens is 3. The van der Waals surface area contributed by atoms with Crippen molar-refractivity contribution in [3.63, 3.8) is 0 Å². The summed E-state index contributed by atoms with van der Waals surface area (Å²) in [4.78, 5) is 64.2. The largest absolute Gasteiger partial charge is 0.508 e. The average molecular weight is 740 g/mol. The molecule has 4 atom stereocenters. The second kappa shape index (κ2) is 16.0. The fourth-order valence-corrected chi connectivity index (χ4v) is 6.98. The summed E-state index contributed by atoms with van der Waals surface area (Å²) in [5.74, 6) is -3.10. The van der Waals surface area contributed by atoms with Gasteiger partial charge >= 0.3 is 5.97 Å². The van der Waals surface area contributed by atoms with Gasteiger partial charge in [-0.15, -0.1) is 0 Å². The molecule has 4 aromatic carbocycles. The van der Waals surface area contributed by atoms with Gasteiger partial charge in [0.1, 0.15) is 23.9 Å². The van der Waals surface area contributed by atoms with Crippen LogP contribution in [-0.2, 0) is 44.9 Å². The lowest BCUT2D eigenvalue weighted by molar-refractivity contribution is -0.142. The number of aromatic nitrogens is 3. The molecule has 0 saturated heterocycles. The highest BCUT2D eigenvalue weighted by atomic mass is 16.4. The number of aromatic hydroxyl groups is 1. The molecule has 13 heteroatoms. The SMILES string of the molecule is NC(Cc1ccc(O)cc1)C(=O)NC(Cc1c[nH]c2ccccc12)C(=O)NC(Cc1c[nH]c2ccccc12)C(=O)NC(Cc1c[nH]c2ccccc12)C(=O)O. The zero-order valence-electron chi connectivity index (χ0n) is 29.7. The fraction of sp³-hybridized carbons (Fsp3) is 0.190. The smallest absolute Gasteiger partial charge is 0.326 e. The second-order valence-electron chi connectivity index (χ2n) is 13.7. The predicted octanol–water partition coefficient (Wildman–Crippen LogP) is 3.97. The van der Waals surface area contributed by atoms with Crippen molar-refractivity contribution in [3.05, 3.63) is 138 Å². The number of carbonyl (C=O) groups is 4. The van der Waals surface area contributed by atoms with E-state index in [1.807, 2.05) is 72.8 Å². The van der Waals surface area contributed by atoms with E-state index in [2.05, 4.69) is 30.9 Å². The maximum absolute atomic E-state index is 14.4. The Bertz CT molecular complexity index is 2480. The van der Waals surface area contributed by atoms with Crippen molar-refractivity contribution in [1.29, 1.82) is 0 Å². The quantitative estimate of drug-likeness (QED) is 0.0753. The third-order valence-electron chi connectivity index (χ3n) is 9.91. The van der Waals surface area contributed by atoms with E-state index in [1.165, 1.54) is 12.1 Å². The molecule has 0 radical (unpaired) electrons. The molecule has 55 heavy (non-hydrogen) atoms. The van der Waals surface area contributed by atoms with E-state index in [0.717, 1.165) is 43.8 Å². The van der Waals surface area contributed by atoms with Crippen molar-refractivity contribution in [2.75, 3.05) is 0 Å². The maximum Gasteiger partial charge on any atom is 0.326 e. The number of hydrogen-bond acceptors (Lipinski definition) is 6. The number of aromatic amines is 3. The van der Waals surface area contributed by atoms with Gasteiger partial charge in [0, 0.05) is 70.6 Å². The van der Waals surface area contributed by atoms with Crippen LogP contribution in [0.25, 0.3) is 32.7 Å². The number of amides is 3. The molecule has 0 spiro atoms. The molecule has 3 aromatic heterocycles. The molecule has 3 heterocycles. The van der Waals surface area contributed by atoms with Crippen LogP contribution in [0.15, 0.2) is 116 Å². The number of benzene rings is 4. The molecule has 0 bridgehead atoms. The topological polar surface area (TPSA) is 218 Å². The minimum absolute atomic E-state index is 0.00297. The van der Waals surface area contributed by atoms with E-state index in [1.54, 1.807) is 30.7 Å². The molecule has 0 fully saturated rings. The summed E-state index contributed by atoms with van der Waals surface area (Å²) in [6.07, 6.45) is 5.48. The van der Waals surface area contributed by atoms with Gasteiger partial charge in [-0.25, -0.2) is 4.79 Å². The predicted molar refractivity (Wildman–Crippen MR) is 209 cm³/mol. The van der Waals surface area contributed by atoms with Gasteiger partial charge in [-0.1, -0.05) is 66.7 Å². The molecular weight excluding hydrogens is 699 g/mol. The van der Waals surface area contributed by atoms with E-state index in [4.69, 9.17) is 5.73 Å². The minimum atomic E-state index is -1.31. The highest BCUT2D eigenvalue weighted by Crippen LogP contribution is 2.23. The van der Waals surface area contributed by atoms with E-state index >= 15 is 0 Å². The number of phenols is 1. The first-order valence-electron chi connectivity index (χ1n) is 18.0. The molecule has 0 aliphatic heterocycles. The van der Waals surface area contributed by atoms with Crippen LogP contribution in [0.4, 0.5) is 0 Å². The van der Waals surface area contributed by atoms with E-state index in [0.29, 0.717) is 11.1 Å². The van der Waals surface area contributed by atoms with Gasteiger partial charge in [0.05, 0.1) is 6.04 Å². The van der Waals surface area contributed by atoms with Crippen molar-refractivity contribution in [3.8, 4) is 5.75 Å². The number of aliphatic carboxylic acids is 1. The van der Waals surface area contributed by atoms with Crippen LogP contribution in [0, 0.1) is 0 Å². The number of carboxylic acids is 1. The molecule has 0 saturated carbocycles. The summed E-state index contributed by atoms with van der Waals surface area (Å²) < 4.78 is 0. The Kier molecular flexibility index (Phi) is 10.6. The third-order valence-corrected chi connectivity index (χ3v) is 9.91. The Morgan fingerprint density at radius 1 is 0.527 bits per heavy atom. The number of nitrogens with one attached hydrogen (secondary N) is 6. The van der Waals surface area contributed by atoms with Crippen LogP contribution in [-0.4, -0.2) is 73.0 Å². The number of nitrogens with two attached hydrogens (primary N) is 1.